The van der Waals surface area contributed by atoms with Gasteiger partial charge < -0.3 is 11.5 Å². The first-order valence-electron chi connectivity index (χ1n) is 3.73. The molecule has 1 heterocycles. The van der Waals surface area contributed by atoms with E-state index in [1.165, 1.54) is 0 Å². The van der Waals surface area contributed by atoms with Crippen molar-refractivity contribution in [3.05, 3.63) is 30.1 Å². The van der Waals surface area contributed by atoms with E-state index in [2.05, 4.69) is 15.2 Å². The maximum Gasteiger partial charge on any atom is 0.211 e. The van der Waals surface area contributed by atoms with Gasteiger partial charge in [0.1, 0.15) is 0 Å². The number of aromatic nitrogens is 1. The maximum absolute atomic E-state index is 5.12. The number of guanidine groups is 1. The molecule has 0 atom stereocenters. The summed E-state index contributed by atoms with van der Waals surface area (Å²) in [5, 5.41) is 7.34. The molecule has 1 aromatic rings. The van der Waals surface area contributed by atoms with Gasteiger partial charge in [0.05, 0.1) is 5.71 Å². The fraction of sp³-hybridized carbons (Fsp3) is 0.125. The number of nitrogens with two attached hydrogens (primary N) is 2. The molecule has 13 heavy (non-hydrogen) atoms. The Morgan fingerprint density at radius 2 is 2.15 bits per heavy atom. The van der Waals surface area contributed by atoms with E-state index in [4.69, 9.17) is 11.5 Å². The molecule has 0 aromatic carbocycles. The minimum Gasteiger partial charge on any atom is -0.369 e. The Hall–Kier alpha value is -1.91. The molecule has 0 spiro atoms. The fourth-order valence-corrected chi connectivity index (χ4v) is 0.767. The van der Waals surface area contributed by atoms with Crippen LogP contribution in [0.15, 0.2) is 34.7 Å². The standard InChI is InChI=1S/C8H11N5/c1-6(12-13-8(9)10)7-3-2-4-11-5-7/h2-5H,1H3,(H4,9,10,13)/b12-6-. The second kappa shape index (κ2) is 4.20. The topological polar surface area (TPSA) is 89.6 Å². The lowest BCUT2D eigenvalue weighted by Crippen LogP contribution is -2.22. The van der Waals surface area contributed by atoms with Crippen LogP contribution in [0.3, 0.4) is 0 Å². The lowest BCUT2D eigenvalue weighted by Gasteiger charge is -1.95. The summed E-state index contributed by atoms with van der Waals surface area (Å²) >= 11 is 0. The average molecular weight is 177 g/mol. The second-order valence-corrected chi connectivity index (χ2v) is 2.45. The predicted octanol–water partition coefficient (Wildman–Crippen LogP) is 0.0790. The van der Waals surface area contributed by atoms with Crippen molar-refractivity contribution in [2.24, 2.45) is 21.7 Å². The van der Waals surface area contributed by atoms with Crippen LogP contribution in [0.4, 0.5) is 0 Å². The van der Waals surface area contributed by atoms with E-state index >= 15 is 0 Å². The van der Waals surface area contributed by atoms with Crippen molar-refractivity contribution < 1.29 is 0 Å². The Morgan fingerprint density at radius 3 is 2.69 bits per heavy atom. The highest BCUT2D eigenvalue weighted by Crippen LogP contribution is 1.98. The molecule has 5 heteroatoms. The maximum atomic E-state index is 5.12. The van der Waals surface area contributed by atoms with Crippen molar-refractivity contribution in [3.63, 3.8) is 0 Å². The van der Waals surface area contributed by atoms with Gasteiger partial charge in [0.15, 0.2) is 0 Å². The van der Waals surface area contributed by atoms with Gasteiger partial charge in [-0.25, -0.2) is 0 Å². The largest absolute Gasteiger partial charge is 0.369 e. The van der Waals surface area contributed by atoms with Crippen LogP contribution in [0.5, 0.6) is 0 Å². The Kier molecular flexibility index (Phi) is 2.97. The molecule has 0 unspecified atom stereocenters. The van der Waals surface area contributed by atoms with E-state index in [0.717, 1.165) is 11.3 Å². The van der Waals surface area contributed by atoms with Gasteiger partial charge in [-0.2, -0.15) is 5.10 Å². The zero-order valence-electron chi connectivity index (χ0n) is 7.31. The highest BCUT2D eigenvalue weighted by molar-refractivity contribution is 5.98. The summed E-state index contributed by atoms with van der Waals surface area (Å²) in [6, 6.07) is 3.71. The molecule has 0 fully saturated rings. The van der Waals surface area contributed by atoms with E-state index in [-0.39, 0.29) is 5.96 Å². The number of rotatable bonds is 2. The molecule has 1 aromatic heterocycles. The summed E-state index contributed by atoms with van der Waals surface area (Å²) in [6.45, 7) is 1.81. The third kappa shape index (κ3) is 2.90. The van der Waals surface area contributed by atoms with Gasteiger partial charge in [-0.3, -0.25) is 4.98 Å². The number of hydrogen-bond acceptors (Lipinski definition) is 3. The molecular formula is C8H11N5. The zero-order chi connectivity index (χ0) is 9.68. The molecule has 0 aliphatic heterocycles. The van der Waals surface area contributed by atoms with Crippen molar-refractivity contribution in [2.45, 2.75) is 6.92 Å². The molecular weight excluding hydrogens is 166 g/mol. The van der Waals surface area contributed by atoms with Crippen LogP contribution in [-0.4, -0.2) is 16.7 Å². The molecule has 0 bridgehead atoms. The molecule has 5 nitrogen and oxygen atoms in total. The quantitative estimate of drug-likeness (QED) is 0.381. The minimum atomic E-state index is -0.0526. The van der Waals surface area contributed by atoms with E-state index in [9.17, 15) is 0 Å². The first-order valence-corrected chi connectivity index (χ1v) is 3.73. The summed E-state index contributed by atoms with van der Waals surface area (Å²) in [5.41, 5.74) is 11.9. The Morgan fingerprint density at radius 1 is 1.38 bits per heavy atom. The molecule has 68 valence electrons. The molecule has 0 aliphatic carbocycles. The lowest BCUT2D eigenvalue weighted by molar-refractivity contribution is 1.19. The molecule has 4 N–H and O–H groups in total. The second-order valence-electron chi connectivity index (χ2n) is 2.45. The SMILES string of the molecule is C/C(=N/N=C(N)N)c1cccnc1. The summed E-state index contributed by atoms with van der Waals surface area (Å²) in [7, 11) is 0. The summed E-state index contributed by atoms with van der Waals surface area (Å²) in [5.74, 6) is -0.0526. The Balaban J connectivity index is 2.86. The smallest absolute Gasteiger partial charge is 0.211 e. The molecule has 0 radical (unpaired) electrons. The lowest BCUT2D eigenvalue weighted by atomic mass is 10.2. The van der Waals surface area contributed by atoms with Crippen molar-refractivity contribution in [1.29, 1.82) is 0 Å². The number of pyridine rings is 1. The van der Waals surface area contributed by atoms with Gasteiger partial charge >= 0.3 is 0 Å². The van der Waals surface area contributed by atoms with E-state index in [0.29, 0.717) is 0 Å². The van der Waals surface area contributed by atoms with Crippen LogP contribution in [0.2, 0.25) is 0 Å². The molecule has 0 amide bonds. The van der Waals surface area contributed by atoms with Gasteiger partial charge in [-0.05, 0) is 13.0 Å². The first-order chi connectivity index (χ1) is 6.20. The third-order valence-corrected chi connectivity index (χ3v) is 1.39. The van der Waals surface area contributed by atoms with Gasteiger partial charge in [-0.1, -0.05) is 6.07 Å². The van der Waals surface area contributed by atoms with Crippen LogP contribution < -0.4 is 11.5 Å². The van der Waals surface area contributed by atoms with Crippen molar-refractivity contribution >= 4 is 11.7 Å². The molecule has 1 rings (SSSR count). The van der Waals surface area contributed by atoms with Crippen LogP contribution in [-0.2, 0) is 0 Å². The fourth-order valence-electron chi connectivity index (χ4n) is 0.767. The van der Waals surface area contributed by atoms with Gasteiger partial charge in [-0.15, -0.1) is 5.10 Å². The van der Waals surface area contributed by atoms with E-state index < -0.39 is 0 Å². The van der Waals surface area contributed by atoms with E-state index in [1.807, 2.05) is 19.1 Å². The van der Waals surface area contributed by atoms with Crippen molar-refractivity contribution in [2.75, 3.05) is 0 Å². The summed E-state index contributed by atoms with van der Waals surface area (Å²) < 4.78 is 0. The van der Waals surface area contributed by atoms with E-state index in [1.54, 1.807) is 12.4 Å². The number of nitrogens with zero attached hydrogens (tertiary/aromatic N) is 3. The van der Waals surface area contributed by atoms with Crippen LogP contribution in [0.1, 0.15) is 12.5 Å². The van der Waals surface area contributed by atoms with Gasteiger partial charge in [0.2, 0.25) is 5.96 Å². The highest BCUT2D eigenvalue weighted by Gasteiger charge is 1.94. The predicted molar refractivity (Wildman–Crippen MR) is 52.3 cm³/mol. The Labute approximate surface area is 76.2 Å². The summed E-state index contributed by atoms with van der Waals surface area (Å²) in [4.78, 5) is 3.94. The van der Waals surface area contributed by atoms with Crippen LogP contribution >= 0.6 is 0 Å². The van der Waals surface area contributed by atoms with Crippen molar-refractivity contribution in [1.82, 2.24) is 4.98 Å². The third-order valence-electron chi connectivity index (χ3n) is 1.39. The zero-order valence-corrected chi connectivity index (χ0v) is 7.31. The molecule has 0 aliphatic rings. The van der Waals surface area contributed by atoms with Gasteiger partial charge in [0, 0.05) is 18.0 Å². The highest BCUT2D eigenvalue weighted by atomic mass is 15.3. The molecule has 0 saturated heterocycles. The average Bonchev–Trinajstić information content (AvgIpc) is 2.15. The monoisotopic (exact) mass is 177 g/mol. The molecule has 0 saturated carbocycles. The van der Waals surface area contributed by atoms with Crippen LogP contribution in [0.25, 0.3) is 0 Å². The Bertz CT molecular complexity index is 324. The first kappa shape index (κ1) is 9.18. The summed E-state index contributed by atoms with van der Waals surface area (Å²) in [6.07, 6.45) is 3.39. The van der Waals surface area contributed by atoms with Gasteiger partial charge in [0.25, 0.3) is 0 Å². The number of hydrogen-bond donors (Lipinski definition) is 2. The van der Waals surface area contributed by atoms with Crippen LogP contribution in [0, 0.1) is 0 Å². The van der Waals surface area contributed by atoms with Crippen molar-refractivity contribution in [3.8, 4) is 0 Å². The normalized spacial score (nSPS) is 11.0. The minimum absolute atomic E-state index is 0.0526.